The fourth-order valence-electron chi connectivity index (χ4n) is 0.860. The lowest BCUT2D eigenvalue weighted by atomic mass is 10.2. The minimum absolute atomic E-state index is 0.0477. The average molecular weight is 215 g/mol. The standard InChI is InChI=1S/C8H9NO4S/c10-4-6(5-11)3-7-1-2-8(14-7)9(12)13/h1-3,10-11H,4-5H2. The summed E-state index contributed by atoms with van der Waals surface area (Å²) in [6, 6.07) is 2.97. The summed E-state index contributed by atoms with van der Waals surface area (Å²) in [5.41, 5.74) is 0.432. The molecule has 0 aliphatic heterocycles. The molecule has 0 atom stereocenters. The van der Waals surface area contributed by atoms with Crippen LogP contribution in [0, 0.1) is 10.1 Å². The van der Waals surface area contributed by atoms with E-state index in [-0.39, 0.29) is 18.2 Å². The molecule has 0 unspecified atom stereocenters. The van der Waals surface area contributed by atoms with Crippen LogP contribution in [0.15, 0.2) is 17.7 Å². The van der Waals surface area contributed by atoms with E-state index in [1.807, 2.05) is 0 Å². The summed E-state index contributed by atoms with van der Waals surface area (Å²) in [5, 5.41) is 27.9. The highest BCUT2D eigenvalue weighted by Gasteiger charge is 2.08. The number of hydrogen-bond acceptors (Lipinski definition) is 5. The summed E-state index contributed by atoms with van der Waals surface area (Å²) in [4.78, 5) is 10.5. The van der Waals surface area contributed by atoms with Crippen molar-refractivity contribution in [2.45, 2.75) is 0 Å². The molecular weight excluding hydrogens is 206 g/mol. The Bertz CT molecular complexity index is 352. The molecule has 1 aromatic heterocycles. The van der Waals surface area contributed by atoms with E-state index >= 15 is 0 Å². The summed E-state index contributed by atoms with van der Waals surface area (Å²) in [6.07, 6.45) is 1.54. The van der Waals surface area contributed by atoms with Gasteiger partial charge in [-0.05, 0) is 17.7 Å². The van der Waals surface area contributed by atoms with Crippen molar-refractivity contribution in [1.29, 1.82) is 0 Å². The van der Waals surface area contributed by atoms with Crippen molar-refractivity contribution in [3.8, 4) is 0 Å². The topological polar surface area (TPSA) is 83.6 Å². The van der Waals surface area contributed by atoms with E-state index in [1.54, 1.807) is 6.07 Å². The first-order chi connectivity index (χ1) is 6.67. The van der Waals surface area contributed by atoms with E-state index in [4.69, 9.17) is 10.2 Å². The Balaban J connectivity index is 2.87. The summed E-state index contributed by atoms with van der Waals surface area (Å²) in [6.45, 7) is -0.496. The molecule has 1 heterocycles. The molecule has 0 spiro atoms. The maximum absolute atomic E-state index is 10.3. The summed E-state index contributed by atoms with van der Waals surface area (Å²) in [7, 11) is 0. The number of nitro groups is 1. The quantitative estimate of drug-likeness (QED) is 0.580. The summed E-state index contributed by atoms with van der Waals surface area (Å²) < 4.78 is 0. The van der Waals surface area contributed by atoms with Gasteiger partial charge in [-0.15, -0.1) is 0 Å². The highest BCUT2D eigenvalue weighted by atomic mass is 32.1. The van der Waals surface area contributed by atoms with Gasteiger partial charge in [0.2, 0.25) is 0 Å². The Hall–Kier alpha value is -1.24. The van der Waals surface area contributed by atoms with E-state index in [0.717, 1.165) is 11.3 Å². The Morgan fingerprint density at radius 1 is 1.50 bits per heavy atom. The van der Waals surface area contributed by atoms with Crippen LogP contribution in [0.1, 0.15) is 4.88 Å². The van der Waals surface area contributed by atoms with Gasteiger partial charge in [-0.3, -0.25) is 10.1 Å². The first-order valence-corrected chi connectivity index (χ1v) is 4.64. The van der Waals surface area contributed by atoms with Crippen LogP contribution in [0.25, 0.3) is 6.08 Å². The zero-order valence-electron chi connectivity index (χ0n) is 7.21. The predicted octanol–water partition coefficient (Wildman–Crippen LogP) is 1.02. The van der Waals surface area contributed by atoms with Gasteiger partial charge in [0.1, 0.15) is 0 Å². The molecule has 0 aliphatic carbocycles. The Kier molecular flexibility index (Phi) is 3.75. The lowest BCUT2D eigenvalue weighted by Crippen LogP contribution is -1.94. The highest BCUT2D eigenvalue weighted by molar-refractivity contribution is 7.16. The van der Waals surface area contributed by atoms with Crippen LogP contribution in [-0.4, -0.2) is 28.4 Å². The van der Waals surface area contributed by atoms with E-state index in [0.29, 0.717) is 10.5 Å². The molecule has 0 saturated carbocycles. The maximum atomic E-state index is 10.3. The molecule has 6 heteroatoms. The van der Waals surface area contributed by atoms with Crippen LogP contribution in [0.2, 0.25) is 0 Å². The van der Waals surface area contributed by atoms with Crippen LogP contribution in [-0.2, 0) is 0 Å². The van der Waals surface area contributed by atoms with E-state index in [2.05, 4.69) is 0 Å². The minimum atomic E-state index is -0.473. The van der Waals surface area contributed by atoms with Crippen LogP contribution < -0.4 is 0 Å². The van der Waals surface area contributed by atoms with Crippen LogP contribution in [0.4, 0.5) is 5.00 Å². The van der Waals surface area contributed by atoms with E-state index < -0.39 is 4.92 Å². The highest BCUT2D eigenvalue weighted by Crippen LogP contribution is 2.25. The first-order valence-electron chi connectivity index (χ1n) is 3.82. The lowest BCUT2D eigenvalue weighted by molar-refractivity contribution is -0.380. The molecule has 0 radical (unpaired) electrons. The third kappa shape index (κ3) is 2.63. The molecule has 14 heavy (non-hydrogen) atoms. The monoisotopic (exact) mass is 215 g/mol. The molecule has 0 bridgehead atoms. The van der Waals surface area contributed by atoms with Crippen LogP contribution in [0.5, 0.6) is 0 Å². The molecule has 0 fully saturated rings. The van der Waals surface area contributed by atoms with Crippen LogP contribution >= 0.6 is 11.3 Å². The smallest absolute Gasteiger partial charge is 0.324 e. The fraction of sp³-hybridized carbons (Fsp3) is 0.250. The van der Waals surface area contributed by atoms with Gasteiger partial charge >= 0.3 is 5.00 Å². The summed E-state index contributed by atoms with van der Waals surface area (Å²) in [5.74, 6) is 0. The number of thiophene rings is 1. The molecule has 0 aromatic carbocycles. The van der Waals surface area contributed by atoms with Gasteiger partial charge in [0.15, 0.2) is 0 Å². The Morgan fingerprint density at radius 3 is 2.57 bits per heavy atom. The first kappa shape index (κ1) is 10.8. The largest absolute Gasteiger partial charge is 0.392 e. The molecule has 2 N–H and O–H groups in total. The second-order valence-corrected chi connectivity index (χ2v) is 3.65. The fourth-order valence-corrected chi connectivity index (χ4v) is 1.67. The van der Waals surface area contributed by atoms with Gasteiger partial charge < -0.3 is 10.2 Å². The Labute approximate surface area is 84.1 Å². The van der Waals surface area contributed by atoms with Gasteiger partial charge in [-0.25, -0.2) is 0 Å². The van der Waals surface area contributed by atoms with Crippen molar-refractivity contribution < 1.29 is 15.1 Å². The van der Waals surface area contributed by atoms with Gasteiger partial charge in [0, 0.05) is 10.9 Å². The van der Waals surface area contributed by atoms with Crippen molar-refractivity contribution in [2.24, 2.45) is 0 Å². The zero-order chi connectivity index (χ0) is 10.6. The average Bonchev–Trinajstić information content (AvgIpc) is 2.62. The third-order valence-electron chi connectivity index (χ3n) is 1.55. The van der Waals surface area contributed by atoms with Crippen molar-refractivity contribution in [3.05, 3.63) is 32.7 Å². The molecular formula is C8H9NO4S. The van der Waals surface area contributed by atoms with E-state index in [1.165, 1.54) is 12.1 Å². The zero-order valence-corrected chi connectivity index (χ0v) is 8.03. The van der Waals surface area contributed by atoms with Gasteiger partial charge in [0.05, 0.1) is 18.1 Å². The predicted molar refractivity (Wildman–Crippen MR) is 53.1 cm³/mol. The number of nitrogens with zero attached hydrogens (tertiary/aromatic N) is 1. The number of aliphatic hydroxyl groups excluding tert-OH is 2. The molecule has 1 rings (SSSR count). The molecule has 0 amide bonds. The number of rotatable bonds is 4. The third-order valence-corrected chi connectivity index (χ3v) is 2.53. The molecule has 76 valence electrons. The van der Waals surface area contributed by atoms with Crippen LogP contribution in [0.3, 0.4) is 0 Å². The molecule has 5 nitrogen and oxygen atoms in total. The minimum Gasteiger partial charge on any atom is -0.392 e. The van der Waals surface area contributed by atoms with Crippen molar-refractivity contribution in [1.82, 2.24) is 0 Å². The van der Waals surface area contributed by atoms with Crippen molar-refractivity contribution in [2.75, 3.05) is 13.2 Å². The Morgan fingerprint density at radius 2 is 2.14 bits per heavy atom. The maximum Gasteiger partial charge on any atom is 0.324 e. The SMILES string of the molecule is O=[N+]([O-])c1ccc(C=C(CO)CO)s1. The van der Waals surface area contributed by atoms with Gasteiger partial charge in [-0.2, -0.15) is 0 Å². The second-order valence-electron chi connectivity index (χ2n) is 2.55. The van der Waals surface area contributed by atoms with Crippen molar-refractivity contribution in [3.63, 3.8) is 0 Å². The lowest BCUT2D eigenvalue weighted by Gasteiger charge is -1.95. The van der Waals surface area contributed by atoms with E-state index in [9.17, 15) is 10.1 Å². The normalized spacial score (nSPS) is 9.86. The summed E-state index contributed by atoms with van der Waals surface area (Å²) >= 11 is 1.00. The molecule has 0 aliphatic rings. The number of aliphatic hydroxyl groups is 2. The second kappa shape index (κ2) is 4.85. The van der Waals surface area contributed by atoms with Gasteiger partial charge in [-0.1, -0.05) is 11.3 Å². The van der Waals surface area contributed by atoms with Gasteiger partial charge in [0.25, 0.3) is 0 Å². The van der Waals surface area contributed by atoms with Crippen molar-refractivity contribution >= 4 is 22.4 Å². The molecule has 0 saturated heterocycles. The molecule has 1 aromatic rings. The number of hydrogen-bond donors (Lipinski definition) is 2.